The van der Waals surface area contributed by atoms with Gasteiger partial charge < -0.3 is 20.4 Å². The summed E-state index contributed by atoms with van der Waals surface area (Å²) in [6.07, 6.45) is 4.09. The second-order valence-corrected chi connectivity index (χ2v) is 15.1. The van der Waals surface area contributed by atoms with E-state index in [1.807, 2.05) is 0 Å². The van der Waals surface area contributed by atoms with Crippen LogP contribution in [0.2, 0.25) is 0 Å². The van der Waals surface area contributed by atoms with Crippen molar-refractivity contribution in [1.29, 1.82) is 0 Å². The van der Waals surface area contributed by atoms with E-state index in [1.54, 1.807) is 6.92 Å². The summed E-state index contributed by atoms with van der Waals surface area (Å²) in [5, 5.41) is 42.7. The van der Waals surface area contributed by atoms with Crippen LogP contribution in [-0.4, -0.2) is 50.5 Å². The van der Waals surface area contributed by atoms with E-state index >= 15 is 0 Å². The fourth-order valence-corrected chi connectivity index (χ4v) is 10.9. The highest BCUT2D eigenvalue weighted by molar-refractivity contribution is 6.18. The van der Waals surface area contributed by atoms with Crippen LogP contribution in [0.15, 0.2) is 11.1 Å². The van der Waals surface area contributed by atoms with E-state index in [9.17, 15) is 30.0 Å². The minimum absolute atomic E-state index is 0.0207. The molecule has 3 fully saturated rings. The average Bonchev–Trinajstić information content (AvgIpc) is 2.81. The van der Waals surface area contributed by atoms with Crippen molar-refractivity contribution >= 4 is 23.5 Å². The smallest absolute Gasteiger partial charge is 0.312 e. The monoisotopic (exact) mass is 536 g/mol. The fraction of sp³-hybridized carbons (Fsp3) is 0.867. The lowest BCUT2D eigenvalue weighted by Gasteiger charge is -2.67. The lowest BCUT2D eigenvalue weighted by Crippen LogP contribution is -2.67. The summed E-state index contributed by atoms with van der Waals surface area (Å²) in [7, 11) is 0. The molecule has 0 radical (unpaired) electrons. The predicted molar refractivity (Wildman–Crippen MR) is 141 cm³/mol. The van der Waals surface area contributed by atoms with Crippen LogP contribution in [0.4, 0.5) is 0 Å². The van der Waals surface area contributed by atoms with E-state index in [0.29, 0.717) is 31.6 Å². The lowest BCUT2D eigenvalue weighted by atomic mass is 9.37. The van der Waals surface area contributed by atoms with Gasteiger partial charge in [-0.05, 0) is 105 Å². The molecule has 0 saturated heterocycles. The first-order chi connectivity index (χ1) is 17.1. The van der Waals surface area contributed by atoms with Crippen molar-refractivity contribution in [3.63, 3.8) is 0 Å². The number of alkyl halides is 1. The summed E-state index contributed by atoms with van der Waals surface area (Å²) in [5.41, 5.74) is -0.0655. The Bertz CT molecular complexity index is 1040. The molecule has 208 valence electrons. The number of fused-ring (bicyclic) bond motifs is 6. The van der Waals surface area contributed by atoms with Gasteiger partial charge in [0.05, 0.1) is 23.0 Å². The summed E-state index contributed by atoms with van der Waals surface area (Å²) in [4.78, 5) is 25.4. The third-order valence-corrected chi connectivity index (χ3v) is 13.0. The van der Waals surface area contributed by atoms with Crippen LogP contribution < -0.4 is 0 Å². The van der Waals surface area contributed by atoms with Gasteiger partial charge in [0, 0.05) is 5.88 Å². The zero-order valence-electron chi connectivity index (χ0n) is 23.0. The average molecular weight is 537 g/mol. The van der Waals surface area contributed by atoms with E-state index in [2.05, 4.69) is 27.7 Å². The van der Waals surface area contributed by atoms with Crippen LogP contribution in [0.3, 0.4) is 0 Å². The molecule has 0 aromatic carbocycles. The summed E-state index contributed by atoms with van der Waals surface area (Å²) in [5.74, 6) is -1.43. The van der Waals surface area contributed by atoms with Crippen LogP contribution in [0.25, 0.3) is 0 Å². The van der Waals surface area contributed by atoms with Gasteiger partial charge in [-0.25, -0.2) is 0 Å². The Labute approximate surface area is 225 Å². The maximum absolute atomic E-state index is 12.8. The second kappa shape index (κ2) is 8.44. The van der Waals surface area contributed by atoms with Crippen LogP contribution in [0.1, 0.15) is 92.4 Å². The highest BCUT2D eigenvalue weighted by Crippen LogP contribution is 2.72. The standard InChI is InChI=1S/C30H45ClO6/c1-26(2)10-11-30(25(36)37)9-6-17-22(18(30)13-26)16(15-31)12-21-27(17,3)8-7-20-28(21,4)14-19(32)23(33)29(20,5)24(34)35/h16,18-21,23,32-33H,6-15H2,1-5H3,(H,34,35)(H,36,37)/t16-,18-,19-,20+,21+,23-,27+,28-,29-,30-/m0/s1. The molecule has 7 heteroatoms. The van der Waals surface area contributed by atoms with Crippen molar-refractivity contribution in [2.75, 3.05) is 5.88 Å². The number of aliphatic carboxylic acids is 2. The first-order valence-corrected chi connectivity index (χ1v) is 14.7. The minimum atomic E-state index is -1.42. The van der Waals surface area contributed by atoms with Gasteiger partial charge in [0.15, 0.2) is 0 Å². The lowest BCUT2D eigenvalue weighted by molar-refractivity contribution is -0.225. The van der Waals surface area contributed by atoms with Crippen LogP contribution in [0.5, 0.6) is 0 Å². The topological polar surface area (TPSA) is 115 Å². The number of allylic oxidation sites excluding steroid dienone is 2. The van der Waals surface area contributed by atoms with Crippen molar-refractivity contribution in [2.24, 2.45) is 50.7 Å². The highest BCUT2D eigenvalue weighted by atomic mass is 35.5. The Kier molecular flexibility index (Phi) is 6.27. The second-order valence-electron chi connectivity index (χ2n) is 14.8. The van der Waals surface area contributed by atoms with Gasteiger partial charge in [-0.2, -0.15) is 0 Å². The summed E-state index contributed by atoms with van der Waals surface area (Å²) in [6.45, 7) is 10.6. The van der Waals surface area contributed by atoms with Gasteiger partial charge in [0.1, 0.15) is 0 Å². The summed E-state index contributed by atoms with van der Waals surface area (Å²) >= 11 is 6.72. The number of carbonyl (C=O) groups is 2. The molecule has 0 spiro atoms. The maximum Gasteiger partial charge on any atom is 0.312 e. The number of carboxylic acid groups (broad SMARTS) is 2. The molecular weight excluding hydrogens is 492 g/mol. The first kappa shape index (κ1) is 27.5. The molecule has 0 heterocycles. The molecule has 4 N–H and O–H groups in total. The number of hydrogen-bond donors (Lipinski definition) is 4. The van der Waals surface area contributed by atoms with Gasteiger partial charge in [0.2, 0.25) is 0 Å². The van der Waals surface area contributed by atoms with Crippen molar-refractivity contribution in [3.05, 3.63) is 11.1 Å². The largest absolute Gasteiger partial charge is 0.481 e. The molecule has 5 aliphatic rings. The Morgan fingerprint density at radius 3 is 2.19 bits per heavy atom. The molecule has 0 aliphatic heterocycles. The third-order valence-electron chi connectivity index (χ3n) is 12.6. The van der Waals surface area contributed by atoms with E-state index in [0.717, 1.165) is 32.1 Å². The quantitative estimate of drug-likeness (QED) is 0.280. The van der Waals surface area contributed by atoms with Crippen molar-refractivity contribution in [1.82, 2.24) is 0 Å². The first-order valence-electron chi connectivity index (χ1n) is 14.2. The van der Waals surface area contributed by atoms with Gasteiger partial charge in [0.25, 0.3) is 0 Å². The van der Waals surface area contributed by atoms with Gasteiger partial charge in [-0.1, -0.05) is 38.8 Å². The van der Waals surface area contributed by atoms with Gasteiger partial charge in [-0.15, -0.1) is 11.6 Å². The molecule has 0 aromatic rings. The number of halogens is 1. The SMILES string of the molecule is CC1(C)CC[C@@]2(C(=O)O)CCC3=C([C@H](CCl)C[C@H]4[C@@]5(C)C[C@H](O)[C@H](O)[C@@](C)(C(=O)O)[C@@H]5CC[C@]34C)[C@@H]2C1. The van der Waals surface area contributed by atoms with E-state index in [1.165, 1.54) is 11.1 Å². The molecular formula is C30H45ClO6. The molecule has 0 unspecified atom stereocenters. The summed E-state index contributed by atoms with van der Waals surface area (Å²) < 4.78 is 0. The van der Waals surface area contributed by atoms with Crippen LogP contribution in [0, 0.1) is 50.7 Å². The van der Waals surface area contributed by atoms with Crippen molar-refractivity contribution in [3.8, 4) is 0 Å². The number of carboxylic acids is 2. The molecule has 5 aliphatic carbocycles. The zero-order valence-corrected chi connectivity index (χ0v) is 23.8. The molecule has 6 nitrogen and oxygen atoms in total. The maximum atomic E-state index is 12.8. The van der Waals surface area contributed by atoms with E-state index in [4.69, 9.17) is 11.6 Å². The highest BCUT2D eigenvalue weighted by Gasteiger charge is 2.69. The van der Waals surface area contributed by atoms with Gasteiger partial charge in [-0.3, -0.25) is 9.59 Å². The third kappa shape index (κ3) is 3.50. The van der Waals surface area contributed by atoms with Crippen LogP contribution >= 0.6 is 11.6 Å². The fourth-order valence-electron chi connectivity index (χ4n) is 10.6. The van der Waals surface area contributed by atoms with Crippen molar-refractivity contribution in [2.45, 2.75) is 105 Å². The number of hydrogen-bond acceptors (Lipinski definition) is 4. The number of rotatable bonds is 3. The molecule has 5 rings (SSSR count). The Morgan fingerprint density at radius 2 is 1.59 bits per heavy atom. The van der Waals surface area contributed by atoms with Crippen LogP contribution in [-0.2, 0) is 9.59 Å². The minimum Gasteiger partial charge on any atom is -0.481 e. The zero-order chi connectivity index (χ0) is 27.3. The molecule has 37 heavy (non-hydrogen) atoms. The number of aliphatic hydroxyl groups is 2. The number of aliphatic hydroxyl groups excluding tert-OH is 2. The Balaban J connectivity index is 1.65. The van der Waals surface area contributed by atoms with Crippen molar-refractivity contribution < 1.29 is 30.0 Å². The Hall–Kier alpha value is -1.11. The Morgan fingerprint density at radius 1 is 0.919 bits per heavy atom. The molecule has 10 atom stereocenters. The summed E-state index contributed by atoms with van der Waals surface area (Å²) in [6, 6.07) is 0. The molecule has 3 saturated carbocycles. The molecule has 0 amide bonds. The molecule has 0 bridgehead atoms. The normalized spacial score (nSPS) is 50.8. The van der Waals surface area contributed by atoms with E-state index in [-0.39, 0.29) is 34.5 Å². The molecule has 0 aromatic heterocycles. The van der Waals surface area contributed by atoms with E-state index < -0.39 is 40.4 Å². The predicted octanol–water partition coefficient (Wildman–Crippen LogP) is 5.49. The van der Waals surface area contributed by atoms with Gasteiger partial charge >= 0.3 is 11.9 Å².